The van der Waals surface area contributed by atoms with Crippen molar-refractivity contribution in [3.05, 3.63) is 33.8 Å². The van der Waals surface area contributed by atoms with E-state index in [1.165, 1.54) is 7.05 Å². The smallest absolute Gasteiger partial charge is 0.215 e. The van der Waals surface area contributed by atoms with Crippen molar-refractivity contribution in [1.29, 1.82) is 0 Å². The van der Waals surface area contributed by atoms with Crippen LogP contribution >= 0.6 is 23.2 Å². The molecule has 0 spiro atoms. The summed E-state index contributed by atoms with van der Waals surface area (Å²) in [5.74, 6) is -0.0968. The molecule has 0 amide bonds. The molecule has 0 unspecified atom stereocenters. The minimum Gasteiger partial charge on any atom is -0.218 e. The van der Waals surface area contributed by atoms with Crippen LogP contribution in [-0.4, -0.2) is 15.5 Å². The van der Waals surface area contributed by atoms with E-state index in [9.17, 15) is 8.42 Å². The maximum absolute atomic E-state index is 11.2. The van der Waals surface area contributed by atoms with Crippen LogP contribution in [0.1, 0.15) is 5.56 Å². The average molecular weight is 254 g/mol. The van der Waals surface area contributed by atoms with Crippen molar-refractivity contribution >= 4 is 33.2 Å². The van der Waals surface area contributed by atoms with Gasteiger partial charge >= 0.3 is 0 Å². The molecule has 0 aliphatic rings. The standard InChI is InChI=1S/C8H9Cl2NO2S/c1-11-14(12,13)5-6-2-3-7(9)8(10)4-6/h2-4,11H,5H2,1H3. The van der Waals surface area contributed by atoms with Crippen molar-refractivity contribution in [2.45, 2.75) is 5.75 Å². The number of sulfonamides is 1. The molecule has 0 saturated carbocycles. The number of hydrogen-bond donors (Lipinski definition) is 1. The molecule has 0 heterocycles. The van der Waals surface area contributed by atoms with E-state index < -0.39 is 10.0 Å². The first kappa shape index (κ1) is 11.8. The molecule has 0 aliphatic carbocycles. The topological polar surface area (TPSA) is 46.2 Å². The first-order valence-electron chi connectivity index (χ1n) is 3.80. The first-order chi connectivity index (χ1) is 6.44. The quantitative estimate of drug-likeness (QED) is 0.897. The van der Waals surface area contributed by atoms with Gasteiger partial charge in [0.1, 0.15) is 0 Å². The minimum absolute atomic E-state index is 0.0968. The van der Waals surface area contributed by atoms with E-state index in [4.69, 9.17) is 23.2 Å². The normalized spacial score (nSPS) is 11.6. The molecule has 0 aliphatic heterocycles. The van der Waals surface area contributed by atoms with Gasteiger partial charge in [0.2, 0.25) is 10.0 Å². The fourth-order valence-corrected chi connectivity index (χ4v) is 2.00. The van der Waals surface area contributed by atoms with E-state index in [1.807, 2.05) is 0 Å². The summed E-state index contributed by atoms with van der Waals surface area (Å²) in [5.41, 5.74) is 0.605. The third-order valence-electron chi connectivity index (χ3n) is 1.65. The second-order valence-electron chi connectivity index (χ2n) is 2.71. The zero-order chi connectivity index (χ0) is 10.8. The zero-order valence-electron chi connectivity index (χ0n) is 7.42. The van der Waals surface area contributed by atoms with E-state index in [2.05, 4.69) is 4.72 Å². The molecule has 14 heavy (non-hydrogen) atoms. The Labute approximate surface area is 93.1 Å². The van der Waals surface area contributed by atoms with Gasteiger partial charge < -0.3 is 0 Å². The Morgan fingerprint density at radius 3 is 2.43 bits per heavy atom. The maximum Gasteiger partial charge on any atom is 0.215 e. The van der Waals surface area contributed by atoms with Crippen LogP contribution in [0.2, 0.25) is 10.0 Å². The van der Waals surface area contributed by atoms with Crippen molar-refractivity contribution in [2.24, 2.45) is 0 Å². The Kier molecular flexibility index (Phi) is 3.78. The monoisotopic (exact) mass is 253 g/mol. The zero-order valence-corrected chi connectivity index (χ0v) is 9.75. The average Bonchev–Trinajstić information content (AvgIpc) is 2.11. The Morgan fingerprint density at radius 2 is 1.93 bits per heavy atom. The molecule has 1 aromatic rings. The summed E-state index contributed by atoms with van der Waals surface area (Å²) in [7, 11) is -1.89. The summed E-state index contributed by atoms with van der Waals surface area (Å²) in [4.78, 5) is 0. The van der Waals surface area contributed by atoms with E-state index in [1.54, 1.807) is 18.2 Å². The number of benzene rings is 1. The van der Waals surface area contributed by atoms with E-state index in [0.29, 0.717) is 15.6 Å². The predicted octanol–water partition coefficient (Wildman–Crippen LogP) is 2.04. The third-order valence-corrected chi connectivity index (χ3v) is 3.73. The molecular weight excluding hydrogens is 245 g/mol. The Morgan fingerprint density at radius 1 is 1.29 bits per heavy atom. The summed E-state index contributed by atoms with van der Waals surface area (Å²) in [5, 5.41) is 0.771. The lowest BCUT2D eigenvalue weighted by atomic mass is 10.2. The summed E-state index contributed by atoms with van der Waals surface area (Å²) < 4.78 is 24.6. The van der Waals surface area contributed by atoms with Gasteiger partial charge in [-0.1, -0.05) is 29.3 Å². The van der Waals surface area contributed by atoms with E-state index in [-0.39, 0.29) is 5.75 Å². The van der Waals surface area contributed by atoms with Crippen molar-refractivity contribution < 1.29 is 8.42 Å². The number of hydrogen-bond acceptors (Lipinski definition) is 2. The molecular formula is C8H9Cl2NO2S. The highest BCUT2D eigenvalue weighted by Gasteiger charge is 2.09. The van der Waals surface area contributed by atoms with Crippen LogP contribution < -0.4 is 4.72 Å². The Hall–Kier alpha value is -0.290. The van der Waals surface area contributed by atoms with Gasteiger partial charge in [0, 0.05) is 0 Å². The molecule has 78 valence electrons. The van der Waals surface area contributed by atoms with Crippen LogP contribution in [0.25, 0.3) is 0 Å². The highest BCUT2D eigenvalue weighted by Crippen LogP contribution is 2.23. The molecule has 0 bridgehead atoms. The molecule has 1 rings (SSSR count). The summed E-state index contributed by atoms with van der Waals surface area (Å²) >= 11 is 11.4. The third kappa shape index (κ3) is 3.13. The molecule has 1 aromatic carbocycles. The lowest BCUT2D eigenvalue weighted by Gasteiger charge is -2.03. The molecule has 0 saturated heterocycles. The van der Waals surface area contributed by atoms with E-state index >= 15 is 0 Å². The second kappa shape index (κ2) is 4.49. The van der Waals surface area contributed by atoms with Gasteiger partial charge in [0.15, 0.2) is 0 Å². The summed E-state index contributed by atoms with van der Waals surface area (Å²) in [6.45, 7) is 0. The summed E-state index contributed by atoms with van der Waals surface area (Å²) in [6.07, 6.45) is 0. The van der Waals surface area contributed by atoms with Crippen molar-refractivity contribution in [3.63, 3.8) is 0 Å². The van der Waals surface area contributed by atoms with Gasteiger partial charge in [-0.25, -0.2) is 13.1 Å². The van der Waals surface area contributed by atoms with Gasteiger partial charge in [-0.15, -0.1) is 0 Å². The van der Waals surface area contributed by atoms with Crippen LogP contribution in [0.5, 0.6) is 0 Å². The molecule has 0 fully saturated rings. The van der Waals surface area contributed by atoms with Crippen LogP contribution in [0.3, 0.4) is 0 Å². The molecule has 0 radical (unpaired) electrons. The highest BCUT2D eigenvalue weighted by atomic mass is 35.5. The lowest BCUT2D eigenvalue weighted by Crippen LogP contribution is -2.20. The van der Waals surface area contributed by atoms with Gasteiger partial charge in [-0.3, -0.25) is 0 Å². The number of rotatable bonds is 3. The van der Waals surface area contributed by atoms with Crippen LogP contribution in [0, 0.1) is 0 Å². The highest BCUT2D eigenvalue weighted by molar-refractivity contribution is 7.88. The molecule has 6 heteroatoms. The molecule has 0 atom stereocenters. The largest absolute Gasteiger partial charge is 0.218 e. The summed E-state index contributed by atoms with van der Waals surface area (Å²) in [6, 6.07) is 4.74. The molecule has 3 nitrogen and oxygen atoms in total. The first-order valence-corrected chi connectivity index (χ1v) is 6.20. The second-order valence-corrected chi connectivity index (χ2v) is 5.45. The van der Waals surface area contributed by atoms with Crippen LogP contribution in [0.15, 0.2) is 18.2 Å². The fourth-order valence-electron chi connectivity index (χ4n) is 0.921. The maximum atomic E-state index is 11.2. The predicted molar refractivity (Wildman–Crippen MR) is 58.1 cm³/mol. The fraction of sp³-hybridized carbons (Fsp3) is 0.250. The van der Waals surface area contributed by atoms with Gasteiger partial charge in [-0.05, 0) is 24.7 Å². The van der Waals surface area contributed by atoms with Crippen molar-refractivity contribution in [3.8, 4) is 0 Å². The minimum atomic E-state index is -3.25. The Bertz CT molecular complexity index is 431. The lowest BCUT2D eigenvalue weighted by molar-refractivity contribution is 0.587. The van der Waals surface area contributed by atoms with Gasteiger partial charge in [0.05, 0.1) is 15.8 Å². The van der Waals surface area contributed by atoms with Crippen LogP contribution in [-0.2, 0) is 15.8 Å². The Balaban J connectivity index is 2.94. The molecule has 0 aromatic heterocycles. The SMILES string of the molecule is CNS(=O)(=O)Cc1ccc(Cl)c(Cl)c1. The van der Waals surface area contributed by atoms with Gasteiger partial charge in [-0.2, -0.15) is 0 Å². The van der Waals surface area contributed by atoms with Gasteiger partial charge in [0.25, 0.3) is 0 Å². The molecule has 1 N–H and O–H groups in total. The number of nitrogens with one attached hydrogen (secondary N) is 1. The number of halogens is 2. The van der Waals surface area contributed by atoms with Crippen molar-refractivity contribution in [2.75, 3.05) is 7.05 Å². The van der Waals surface area contributed by atoms with E-state index in [0.717, 1.165) is 0 Å². The van der Waals surface area contributed by atoms with Crippen molar-refractivity contribution in [1.82, 2.24) is 4.72 Å². The van der Waals surface area contributed by atoms with Crippen LogP contribution in [0.4, 0.5) is 0 Å².